The van der Waals surface area contributed by atoms with Gasteiger partial charge in [-0.2, -0.15) is 0 Å². The van der Waals surface area contributed by atoms with Gasteiger partial charge < -0.3 is 5.32 Å². The molecule has 2 aromatic rings. The summed E-state index contributed by atoms with van der Waals surface area (Å²) in [5.41, 5.74) is 2.52. The van der Waals surface area contributed by atoms with Gasteiger partial charge in [0, 0.05) is 16.6 Å². The Balaban J connectivity index is 2.53. The Kier molecular flexibility index (Phi) is 4.15. The van der Waals surface area contributed by atoms with E-state index in [1.54, 1.807) is 6.07 Å². The molecule has 0 fully saturated rings. The molecule has 0 spiro atoms. The molecule has 104 valence electrons. The molecular weight excluding hydrogens is 279 g/mol. The fraction of sp³-hybridized carbons (Fsp3) is 0.133. The lowest BCUT2D eigenvalue weighted by atomic mass is 10.1. The Morgan fingerprint density at radius 2 is 1.85 bits per heavy atom. The fourth-order valence-electron chi connectivity index (χ4n) is 1.97. The van der Waals surface area contributed by atoms with E-state index >= 15 is 0 Å². The number of carbonyl (C=O) groups excluding carboxylic acids is 1. The summed E-state index contributed by atoms with van der Waals surface area (Å²) in [6.07, 6.45) is 0.502. The minimum Gasteiger partial charge on any atom is -0.352 e. The number of benzene rings is 2. The molecule has 0 radical (unpaired) electrons. The van der Waals surface area contributed by atoms with Gasteiger partial charge in [0.2, 0.25) is 0 Å². The highest BCUT2D eigenvalue weighted by Gasteiger charge is 2.17. The van der Waals surface area contributed by atoms with Crippen molar-refractivity contribution < 1.29 is 13.6 Å². The van der Waals surface area contributed by atoms with Gasteiger partial charge in [-0.05, 0) is 31.5 Å². The summed E-state index contributed by atoms with van der Waals surface area (Å²) in [7, 11) is 2.07. The summed E-state index contributed by atoms with van der Waals surface area (Å²) in [6.45, 7) is 3.80. The number of carbonyl (C=O) groups is 1. The first kappa shape index (κ1) is 14.6. The second-order valence-corrected chi connectivity index (χ2v) is 5.24. The molecule has 20 heavy (non-hydrogen) atoms. The van der Waals surface area contributed by atoms with Crippen LogP contribution < -0.4 is 10.6 Å². The van der Waals surface area contributed by atoms with Gasteiger partial charge in [0.15, 0.2) is 17.9 Å². The zero-order chi connectivity index (χ0) is 14.9. The average Bonchev–Trinajstić information content (AvgIpc) is 2.41. The van der Waals surface area contributed by atoms with Crippen LogP contribution in [0.3, 0.4) is 0 Å². The molecule has 0 aromatic heterocycles. The monoisotopic (exact) mass is 293 g/mol. The number of rotatable bonds is 3. The normalized spacial score (nSPS) is 10.4. The summed E-state index contributed by atoms with van der Waals surface area (Å²) in [6, 6.07) is 6.84. The van der Waals surface area contributed by atoms with Crippen molar-refractivity contribution in [3.05, 3.63) is 52.6 Å². The SMILES string of the molecule is Cc1ccc(Nc2c(C=O)cc(P)c(F)c2F)c(C)c1. The van der Waals surface area contributed by atoms with E-state index in [-0.39, 0.29) is 16.6 Å². The Morgan fingerprint density at radius 3 is 2.45 bits per heavy atom. The van der Waals surface area contributed by atoms with Gasteiger partial charge in [-0.3, -0.25) is 4.79 Å². The van der Waals surface area contributed by atoms with Crippen molar-refractivity contribution in [2.24, 2.45) is 0 Å². The minimum atomic E-state index is -1.06. The summed E-state index contributed by atoms with van der Waals surface area (Å²) in [5, 5.41) is 2.82. The largest absolute Gasteiger partial charge is 0.352 e. The number of hydrogen-bond acceptors (Lipinski definition) is 2. The van der Waals surface area contributed by atoms with E-state index in [0.717, 1.165) is 11.1 Å². The Hall–Kier alpha value is -1.80. The highest BCUT2D eigenvalue weighted by molar-refractivity contribution is 7.27. The third-order valence-electron chi connectivity index (χ3n) is 3.03. The molecular formula is C15H14F2NOP. The number of aryl methyl sites for hydroxylation is 2. The van der Waals surface area contributed by atoms with E-state index in [9.17, 15) is 13.6 Å². The quantitative estimate of drug-likeness (QED) is 0.691. The number of hydrogen-bond donors (Lipinski definition) is 1. The Morgan fingerprint density at radius 1 is 1.15 bits per heavy atom. The van der Waals surface area contributed by atoms with Crippen LogP contribution in [0.4, 0.5) is 20.2 Å². The molecule has 0 saturated heterocycles. The first-order chi connectivity index (χ1) is 9.43. The van der Waals surface area contributed by atoms with Gasteiger partial charge in [0.05, 0.1) is 5.69 Å². The van der Waals surface area contributed by atoms with E-state index < -0.39 is 11.6 Å². The summed E-state index contributed by atoms with van der Waals surface area (Å²) in [4.78, 5) is 11.0. The molecule has 5 heteroatoms. The zero-order valence-corrected chi connectivity index (χ0v) is 12.3. The smallest absolute Gasteiger partial charge is 0.183 e. The molecule has 1 N–H and O–H groups in total. The Bertz CT molecular complexity index is 686. The predicted molar refractivity (Wildman–Crippen MR) is 80.3 cm³/mol. The maximum atomic E-state index is 14.0. The van der Waals surface area contributed by atoms with Crippen molar-refractivity contribution in [2.75, 3.05) is 5.32 Å². The third-order valence-corrected chi connectivity index (χ3v) is 3.45. The van der Waals surface area contributed by atoms with Crippen LogP contribution in [0.5, 0.6) is 0 Å². The maximum Gasteiger partial charge on any atom is 0.183 e. The van der Waals surface area contributed by atoms with Crippen molar-refractivity contribution in [1.82, 2.24) is 0 Å². The second kappa shape index (κ2) is 5.68. The lowest BCUT2D eigenvalue weighted by molar-refractivity contribution is 0.112. The molecule has 0 saturated carbocycles. The van der Waals surface area contributed by atoms with Crippen molar-refractivity contribution in [1.29, 1.82) is 0 Å². The van der Waals surface area contributed by atoms with E-state index in [1.807, 2.05) is 26.0 Å². The average molecular weight is 293 g/mol. The standard InChI is InChI=1S/C15H14F2NOP/c1-8-3-4-11(9(2)5-8)18-15-10(7-19)6-12(20)13(16)14(15)17/h3-7,18H,20H2,1-2H3. The lowest BCUT2D eigenvalue weighted by Gasteiger charge is -2.14. The number of aldehydes is 1. The number of anilines is 2. The van der Waals surface area contributed by atoms with E-state index in [0.29, 0.717) is 12.0 Å². The molecule has 0 aliphatic heterocycles. The topological polar surface area (TPSA) is 29.1 Å². The van der Waals surface area contributed by atoms with Gasteiger partial charge in [0.1, 0.15) is 0 Å². The molecule has 2 nitrogen and oxygen atoms in total. The molecule has 1 unspecified atom stereocenters. The molecule has 0 amide bonds. The van der Waals surface area contributed by atoms with Crippen LogP contribution in [0.25, 0.3) is 0 Å². The van der Waals surface area contributed by atoms with Crippen LogP contribution in [0.15, 0.2) is 24.3 Å². The molecule has 0 aliphatic rings. The molecule has 2 aromatic carbocycles. The van der Waals surface area contributed by atoms with E-state index in [2.05, 4.69) is 14.6 Å². The molecule has 1 atom stereocenters. The van der Waals surface area contributed by atoms with Crippen LogP contribution in [0, 0.1) is 25.5 Å². The third kappa shape index (κ3) is 2.70. The van der Waals surface area contributed by atoms with Crippen molar-refractivity contribution in [3.63, 3.8) is 0 Å². The van der Waals surface area contributed by atoms with E-state index in [1.165, 1.54) is 6.07 Å². The van der Waals surface area contributed by atoms with Gasteiger partial charge in [-0.15, -0.1) is 9.24 Å². The van der Waals surface area contributed by atoms with E-state index in [4.69, 9.17) is 0 Å². The first-order valence-electron chi connectivity index (χ1n) is 6.01. The van der Waals surface area contributed by atoms with Crippen molar-refractivity contribution in [3.8, 4) is 0 Å². The summed E-state index contributed by atoms with van der Waals surface area (Å²) in [5.74, 6) is -2.03. The molecule has 0 bridgehead atoms. The molecule has 2 rings (SSSR count). The van der Waals surface area contributed by atoms with Crippen molar-refractivity contribution >= 4 is 32.2 Å². The zero-order valence-electron chi connectivity index (χ0n) is 11.1. The van der Waals surface area contributed by atoms with Gasteiger partial charge >= 0.3 is 0 Å². The van der Waals surface area contributed by atoms with Gasteiger partial charge in [-0.1, -0.05) is 17.7 Å². The lowest BCUT2D eigenvalue weighted by Crippen LogP contribution is -2.10. The summed E-state index contributed by atoms with van der Waals surface area (Å²) < 4.78 is 27.6. The number of nitrogens with one attached hydrogen (secondary N) is 1. The first-order valence-corrected chi connectivity index (χ1v) is 6.58. The predicted octanol–water partition coefficient (Wildman–Crippen LogP) is 3.64. The maximum absolute atomic E-state index is 14.0. The Labute approximate surface area is 118 Å². The molecule has 0 aliphatic carbocycles. The number of halogens is 2. The highest BCUT2D eigenvalue weighted by Crippen LogP contribution is 2.27. The second-order valence-electron chi connectivity index (χ2n) is 4.62. The van der Waals surface area contributed by atoms with Crippen LogP contribution >= 0.6 is 9.24 Å². The van der Waals surface area contributed by atoms with Crippen LogP contribution in [0.1, 0.15) is 21.5 Å². The molecule has 0 heterocycles. The van der Waals surface area contributed by atoms with Gasteiger partial charge in [0.25, 0.3) is 0 Å². The van der Waals surface area contributed by atoms with Crippen molar-refractivity contribution in [2.45, 2.75) is 13.8 Å². The fourth-order valence-corrected chi connectivity index (χ4v) is 2.28. The minimum absolute atomic E-state index is 0.0239. The van der Waals surface area contributed by atoms with Crippen LogP contribution in [-0.4, -0.2) is 6.29 Å². The van der Waals surface area contributed by atoms with Crippen LogP contribution in [-0.2, 0) is 0 Å². The van der Waals surface area contributed by atoms with Gasteiger partial charge in [-0.25, -0.2) is 8.78 Å². The van der Waals surface area contributed by atoms with Crippen LogP contribution in [0.2, 0.25) is 0 Å². The highest BCUT2D eigenvalue weighted by atomic mass is 31.0. The summed E-state index contributed by atoms with van der Waals surface area (Å²) >= 11 is 0.